The summed E-state index contributed by atoms with van der Waals surface area (Å²) >= 11 is 0. The summed E-state index contributed by atoms with van der Waals surface area (Å²) < 4.78 is 4.99. The predicted octanol–water partition coefficient (Wildman–Crippen LogP) is -1.44. The highest BCUT2D eigenvalue weighted by atomic mass is 16.5. The van der Waals surface area contributed by atoms with Crippen molar-refractivity contribution < 1.29 is 54.2 Å². The molecule has 5 N–H and O–H groups in total. The highest BCUT2D eigenvalue weighted by Crippen LogP contribution is 2.09. The second kappa shape index (κ2) is 14.1. The summed E-state index contributed by atoms with van der Waals surface area (Å²) in [5, 5.41) is 45.9. The summed E-state index contributed by atoms with van der Waals surface area (Å²) in [7, 11) is 0. The normalized spacial score (nSPS) is 12.9. The first-order valence-corrected chi connectivity index (χ1v) is 9.18. The lowest BCUT2D eigenvalue weighted by molar-refractivity contribution is -0.152. The van der Waals surface area contributed by atoms with Crippen LogP contribution in [0.2, 0.25) is 0 Å². The molecule has 31 heavy (non-hydrogen) atoms. The van der Waals surface area contributed by atoms with Crippen LogP contribution in [0.15, 0.2) is 12.2 Å². The predicted molar refractivity (Wildman–Crippen MR) is 103 cm³/mol. The number of aliphatic hydroxyl groups is 1. The molecule has 0 amide bonds. The Balaban J connectivity index is 5.49. The van der Waals surface area contributed by atoms with E-state index in [0.717, 1.165) is 4.90 Å². The lowest BCUT2D eigenvalue weighted by Crippen LogP contribution is -2.51. The van der Waals surface area contributed by atoms with Crippen molar-refractivity contribution in [2.45, 2.75) is 31.8 Å². The van der Waals surface area contributed by atoms with Gasteiger partial charge in [-0.1, -0.05) is 6.58 Å². The summed E-state index contributed by atoms with van der Waals surface area (Å²) in [4.78, 5) is 58.4. The van der Waals surface area contributed by atoms with E-state index in [1.165, 1.54) is 11.8 Å². The summed E-state index contributed by atoms with van der Waals surface area (Å²) in [5.74, 6) is -6.24. The van der Waals surface area contributed by atoms with Crippen LogP contribution in [0.5, 0.6) is 0 Å². The van der Waals surface area contributed by atoms with Crippen LogP contribution in [0.4, 0.5) is 0 Å². The van der Waals surface area contributed by atoms with Crippen molar-refractivity contribution in [1.29, 1.82) is 0 Å². The van der Waals surface area contributed by atoms with Crippen LogP contribution in [0.25, 0.3) is 0 Å². The molecule has 0 aliphatic carbocycles. The molecule has 0 aliphatic heterocycles. The second-order valence-corrected chi connectivity index (χ2v) is 6.71. The van der Waals surface area contributed by atoms with Gasteiger partial charge in [0.05, 0.1) is 32.0 Å². The molecule has 0 aromatic rings. The first kappa shape index (κ1) is 28.0. The molecule has 0 fully saturated rings. The van der Waals surface area contributed by atoms with Crippen LogP contribution in [-0.2, 0) is 28.7 Å². The molecule has 0 saturated heterocycles. The van der Waals surface area contributed by atoms with Gasteiger partial charge in [-0.2, -0.15) is 0 Å². The number of carbonyl (C=O) groups is 5. The summed E-state index contributed by atoms with van der Waals surface area (Å²) in [5.41, 5.74) is 0.111. The molecule has 2 atom stereocenters. The van der Waals surface area contributed by atoms with Gasteiger partial charge in [0.1, 0.15) is 12.6 Å². The van der Waals surface area contributed by atoms with Crippen LogP contribution in [0.3, 0.4) is 0 Å². The standard InChI is InChI=1S/C18H28N2O11/c1-11(2)18(30)31-10-12(9-21)19(4-3-14(22)23)5-6-20(8-16(26)27)13(17(28)29)7-15(24)25/h12-13,21H,1,3-10H2,2H3,(H,22,23)(H,24,25)(H,26,27)(H,28,29). The van der Waals surface area contributed by atoms with E-state index < -0.39 is 61.5 Å². The number of carboxylic acid groups (broad SMARTS) is 4. The van der Waals surface area contributed by atoms with Gasteiger partial charge in [-0.3, -0.25) is 29.0 Å². The van der Waals surface area contributed by atoms with Gasteiger partial charge >= 0.3 is 29.8 Å². The zero-order chi connectivity index (χ0) is 24.1. The van der Waals surface area contributed by atoms with Gasteiger partial charge in [-0.25, -0.2) is 4.79 Å². The summed E-state index contributed by atoms with van der Waals surface area (Å²) in [6.07, 6.45) is -1.21. The Kier molecular flexibility index (Phi) is 12.7. The zero-order valence-electron chi connectivity index (χ0n) is 17.1. The van der Waals surface area contributed by atoms with E-state index in [-0.39, 0.29) is 38.2 Å². The number of rotatable bonds is 17. The maximum atomic E-state index is 11.6. The van der Waals surface area contributed by atoms with E-state index >= 15 is 0 Å². The van der Waals surface area contributed by atoms with Gasteiger partial charge in [0.2, 0.25) is 0 Å². The van der Waals surface area contributed by atoms with Crippen LogP contribution in [0, 0.1) is 0 Å². The molecule has 0 aliphatic rings. The third kappa shape index (κ3) is 11.7. The van der Waals surface area contributed by atoms with E-state index in [1.807, 2.05) is 0 Å². The number of esters is 1. The average Bonchev–Trinajstić information content (AvgIpc) is 2.65. The van der Waals surface area contributed by atoms with E-state index in [2.05, 4.69) is 6.58 Å². The van der Waals surface area contributed by atoms with Crippen molar-refractivity contribution in [1.82, 2.24) is 9.80 Å². The number of aliphatic hydroxyl groups excluding tert-OH is 1. The summed E-state index contributed by atoms with van der Waals surface area (Å²) in [6.45, 7) is 2.68. The molecule has 0 spiro atoms. The van der Waals surface area contributed by atoms with Crippen molar-refractivity contribution in [3.8, 4) is 0 Å². The lowest BCUT2D eigenvalue weighted by atomic mass is 10.1. The van der Waals surface area contributed by atoms with E-state index in [0.29, 0.717) is 0 Å². The maximum Gasteiger partial charge on any atom is 0.333 e. The molecule has 0 radical (unpaired) electrons. The number of carbonyl (C=O) groups excluding carboxylic acids is 1. The molecule has 13 nitrogen and oxygen atoms in total. The quantitative estimate of drug-likeness (QED) is 0.128. The van der Waals surface area contributed by atoms with Crippen molar-refractivity contribution in [2.75, 3.05) is 39.4 Å². The molecule has 13 heteroatoms. The van der Waals surface area contributed by atoms with Crippen LogP contribution < -0.4 is 0 Å². The number of hydrogen-bond donors (Lipinski definition) is 5. The summed E-state index contributed by atoms with van der Waals surface area (Å²) in [6, 6.07) is -2.50. The van der Waals surface area contributed by atoms with Crippen LogP contribution >= 0.6 is 0 Å². The molecule has 2 unspecified atom stereocenters. The number of nitrogens with zero attached hydrogens (tertiary/aromatic N) is 2. The van der Waals surface area contributed by atoms with Gasteiger partial charge < -0.3 is 30.3 Å². The van der Waals surface area contributed by atoms with Crippen molar-refractivity contribution in [2.24, 2.45) is 0 Å². The van der Waals surface area contributed by atoms with Gasteiger partial charge in [0.15, 0.2) is 0 Å². The van der Waals surface area contributed by atoms with Gasteiger partial charge in [0.25, 0.3) is 0 Å². The zero-order valence-corrected chi connectivity index (χ0v) is 17.1. The Hall–Kier alpha value is -3.03. The Morgan fingerprint density at radius 2 is 1.48 bits per heavy atom. The van der Waals surface area contributed by atoms with E-state index in [4.69, 9.17) is 20.1 Å². The molecule has 0 aromatic heterocycles. The molecule has 0 bridgehead atoms. The fourth-order valence-corrected chi connectivity index (χ4v) is 2.60. The van der Waals surface area contributed by atoms with Gasteiger partial charge in [-0.15, -0.1) is 0 Å². The highest BCUT2D eigenvalue weighted by Gasteiger charge is 2.31. The van der Waals surface area contributed by atoms with Gasteiger partial charge in [0, 0.05) is 25.2 Å². The smallest absolute Gasteiger partial charge is 0.333 e. The van der Waals surface area contributed by atoms with Crippen molar-refractivity contribution in [3.05, 3.63) is 12.2 Å². The number of aliphatic carboxylic acids is 4. The molecule has 0 aromatic carbocycles. The molecular weight excluding hydrogens is 420 g/mol. The number of hydrogen-bond acceptors (Lipinski definition) is 9. The largest absolute Gasteiger partial charge is 0.481 e. The van der Waals surface area contributed by atoms with Gasteiger partial charge in [-0.05, 0) is 6.92 Å². The van der Waals surface area contributed by atoms with E-state index in [9.17, 15) is 34.2 Å². The van der Waals surface area contributed by atoms with Crippen molar-refractivity contribution >= 4 is 29.8 Å². The molecule has 0 heterocycles. The lowest BCUT2D eigenvalue weighted by Gasteiger charge is -2.33. The third-order valence-electron chi connectivity index (χ3n) is 4.20. The Morgan fingerprint density at radius 3 is 1.90 bits per heavy atom. The van der Waals surface area contributed by atoms with Crippen LogP contribution in [-0.4, -0.2) is 117 Å². The average molecular weight is 448 g/mol. The van der Waals surface area contributed by atoms with Crippen LogP contribution in [0.1, 0.15) is 19.8 Å². The minimum atomic E-state index is -1.64. The third-order valence-corrected chi connectivity index (χ3v) is 4.20. The fourth-order valence-electron chi connectivity index (χ4n) is 2.60. The first-order chi connectivity index (χ1) is 14.4. The second-order valence-electron chi connectivity index (χ2n) is 6.71. The monoisotopic (exact) mass is 448 g/mol. The minimum absolute atomic E-state index is 0.111. The Morgan fingerprint density at radius 1 is 0.903 bits per heavy atom. The Labute approximate surface area is 178 Å². The first-order valence-electron chi connectivity index (χ1n) is 9.18. The molecule has 176 valence electrons. The molecule has 0 rings (SSSR count). The fraction of sp³-hybridized carbons (Fsp3) is 0.611. The number of ether oxygens (including phenoxy) is 1. The highest BCUT2D eigenvalue weighted by molar-refractivity contribution is 5.86. The Bertz CT molecular complexity index is 679. The maximum absolute atomic E-state index is 11.6. The minimum Gasteiger partial charge on any atom is -0.481 e. The molecular formula is C18H28N2O11. The van der Waals surface area contributed by atoms with E-state index in [1.54, 1.807) is 0 Å². The number of carboxylic acids is 4. The SMILES string of the molecule is C=C(C)C(=O)OCC(CO)N(CCC(=O)O)CCN(CC(=O)O)C(CC(=O)O)C(=O)O. The van der Waals surface area contributed by atoms with Crippen molar-refractivity contribution in [3.63, 3.8) is 0 Å². The topological polar surface area (TPSA) is 202 Å². The molecule has 0 saturated carbocycles.